The molecule has 1 aliphatic carbocycles. The molecule has 21 heavy (non-hydrogen) atoms. The minimum Gasteiger partial charge on any atom is -0.502 e. The number of rotatable bonds is 8. The Hall–Kier alpha value is -1.46. The van der Waals surface area contributed by atoms with Crippen molar-refractivity contribution in [2.45, 2.75) is 38.4 Å². The molecular formula is C16H26N2O3. The van der Waals surface area contributed by atoms with E-state index in [-0.39, 0.29) is 5.75 Å². The zero-order chi connectivity index (χ0) is 15.4. The lowest BCUT2D eigenvalue weighted by atomic mass is 10.1. The van der Waals surface area contributed by atoms with Crippen molar-refractivity contribution in [3.8, 4) is 17.2 Å². The monoisotopic (exact) mass is 294 g/mol. The van der Waals surface area contributed by atoms with Crippen molar-refractivity contribution in [2.24, 2.45) is 0 Å². The van der Waals surface area contributed by atoms with E-state index in [2.05, 4.69) is 24.2 Å². The summed E-state index contributed by atoms with van der Waals surface area (Å²) in [5.41, 5.74) is 1.03. The van der Waals surface area contributed by atoms with E-state index in [0.717, 1.165) is 24.7 Å². The van der Waals surface area contributed by atoms with E-state index in [0.29, 0.717) is 17.5 Å². The highest BCUT2D eigenvalue weighted by Gasteiger charge is 2.28. The fraction of sp³-hybridized carbons (Fsp3) is 0.625. The molecule has 0 bridgehead atoms. The molecule has 1 atom stereocenters. The molecule has 0 aromatic heterocycles. The van der Waals surface area contributed by atoms with Gasteiger partial charge in [-0.05, 0) is 44.5 Å². The quantitative estimate of drug-likeness (QED) is 0.768. The van der Waals surface area contributed by atoms with Crippen LogP contribution >= 0.6 is 0 Å². The summed E-state index contributed by atoms with van der Waals surface area (Å²) in [6.07, 6.45) is 2.65. The minimum atomic E-state index is 0.0468. The second kappa shape index (κ2) is 7.00. The van der Waals surface area contributed by atoms with E-state index in [9.17, 15) is 5.11 Å². The molecule has 2 N–H and O–H groups in total. The molecule has 0 spiro atoms. The van der Waals surface area contributed by atoms with Crippen LogP contribution in [0.4, 0.5) is 0 Å². The first kappa shape index (κ1) is 15.9. The summed E-state index contributed by atoms with van der Waals surface area (Å²) in [7, 11) is 5.27. The molecule has 1 fully saturated rings. The largest absolute Gasteiger partial charge is 0.502 e. The molecule has 1 saturated carbocycles. The van der Waals surface area contributed by atoms with Crippen LogP contribution in [0.2, 0.25) is 0 Å². The maximum atomic E-state index is 9.89. The van der Waals surface area contributed by atoms with Crippen LogP contribution in [0.5, 0.6) is 17.2 Å². The molecule has 2 rings (SSSR count). The van der Waals surface area contributed by atoms with E-state index in [4.69, 9.17) is 9.47 Å². The standard InChI is InChI=1S/C16H26N2O3/c1-11(18(2)13-5-6-13)9-17-10-12-7-14(20-3)16(19)15(8-12)21-4/h7-8,11,13,17,19H,5-6,9-10H2,1-4H3. The number of phenols is 1. The zero-order valence-electron chi connectivity index (χ0n) is 13.3. The number of nitrogens with one attached hydrogen (secondary N) is 1. The normalized spacial score (nSPS) is 16.0. The van der Waals surface area contributed by atoms with Crippen molar-refractivity contribution in [3.05, 3.63) is 17.7 Å². The summed E-state index contributed by atoms with van der Waals surface area (Å²) < 4.78 is 10.3. The Morgan fingerprint density at radius 2 is 1.86 bits per heavy atom. The number of likely N-dealkylation sites (N-methyl/N-ethyl adjacent to an activating group) is 1. The number of nitrogens with zero attached hydrogens (tertiary/aromatic N) is 1. The van der Waals surface area contributed by atoms with Gasteiger partial charge in [-0.2, -0.15) is 0 Å². The number of aromatic hydroxyl groups is 1. The van der Waals surface area contributed by atoms with Crippen molar-refractivity contribution in [1.82, 2.24) is 10.2 Å². The van der Waals surface area contributed by atoms with Crippen molar-refractivity contribution < 1.29 is 14.6 Å². The number of hydrogen-bond donors (Lipinski definition) is 2. The minimum absolute atomic E-state index is 0.0468. The second-order valence-corrected chi connectivity index (χ2v) is 5.73. The fourth-order valence-corrected chi connectivity index (χ4v) is 2.46. The van der Waals surface area contributed by atoms with E-state index in [1.807, 2.05) is 12.1 Å². The van der Waals surface area contributed by atoms with Gasteiger partial charge in [0.1, 0.15) is 0 Å². The molecule has 1 unspecified atom stereocenters. The molecule has 118 valence electrons. The first-order chi connectivity index (χ1) is 10.1. The summed E-state index contributed by atoms with van der Waals surface area (Å²) in [6, 6.07) is 4.95. The number of methoxy groups -OCH3 is 2. The molecule has 0 amide bonds. The number of hydrogen-bond acceptors (Lipinski definition) is 5. The number of phenolic OH excluding ortho intramolecular Hbond substituents is 1. The van der Waals surface area contributed by atoms with Gasteiger partial charge in [0, 0.05) is 25.2 Å². The van der Waals surface area contributed by atoms with Crippen LogP contribution in [-0.4, -0.2) is 49.9 Å². The lowest BCUT2D eigenvalue weighted by molar-refractivity contribution is 0.241. The topological polar surface area (TPSA) is 54.0 Å². The predicted octanol–water partition coefficient (Wildman–Crippen LogP) is 1.98. The summed E-state index contributed by atoms with van der Waals surface area (Å²) in [5.74, 6) is 0.925. The third-order valence-electron chi connectivity index (χ3n) is 4.13. The SMILES string of the molecule is COc1cc(CNCC(C)N(C)C2CC2)cc(OC)c1O. The maximum Gasteiger partial charge on any atom is 0.200 e. The average molecular weight is 294 g/mol. The molecule has 1 aromatic rings. The van der Waals surface area contributed by atoms with Crippen LogP contribution in [0.1, 0.15) is 25.3 Å². The Kier molecular flexibility index (Phi) is 5.31. The highest BCUT2D eigenvalue weighted by Crippen LogP contribution is 2.37. The van der Waals surface area contributed by atoms with E-state index in [1.165, 1.54) is 12.8 Å². The predicted molar refractivity (Wildman–Crippen MR) is 83.2 cm³/mol. The Labute approximate surface area is 126 Å². The van der Waals surface area contributed by atoms with E-state index in [1.54, 1.807) is 14.2 Å². The molecule has 1 aromatic carbocycles. The first-order valence-electron chi connectivity index (χ1n) is 7.43. The molecule has 5 heteroatoms. The molecular weight excluding hydrogens is 268 g/mol. The molecule has 0 saturated heterocycles. The molecule has 0 radical (unpaired) electrons. The van der Waals surface area contributed by atoms with Gasteiger partial charge >= 0.3 is 0 Å². The van der Waals surface area contributed by atoms with Gasteiger partial charge in [0.15, 0.2) is 11.5 Å². The van der Waals surface area contributed by atoms with Crippen molar-refractivity contribution in [1.29, 1.82) is 0 Å². The van der Waals surface area contributed by atoms with Crippen LogP contribution in [-0.2, 0) is 6.54 Å². The number of ether oxygens (including phenoxy) is 2. The van der Waals surface area contributed by atoms with Gasteiger partial charge in [0.25, 0.3) is 0 Å². The smallest absolute Gasteiger partial charge is 0.200 e. The Morgan fingerprint density at radius 1 is 1.29 bits per heavy atom. The van der Waals surface area contributed by atoms with Crippen molar-refractivity contribution >= 4 is 0 Å². The van der Waals surface area contributed by atoms with E-state index < -0.39 is 0 Å². The lowest BCUT2D eigenvalue weighted by Gasteiger charge is -2.24. The summed E-state index contributed by atoms with van der Waals surface area (Å²) in [6.45, 7) is 3.89. The highest BCUT2D eigenvalue weighted by atomic mass is 16.5. The van der Waals surface area contributed by atoms with Crippen LogP contribution < -0.4 is 14.8 Å². The molecule has 1 aliphatic rings. The van der Waals surface area contributed by atoms with Gasteiger partial charge in [-0.15, -0.1) is 0 Å². The second-order valence-electron chi connectivity index (χ2n) is 5.73. The molecule has 0 aliphatic heterocycles. The van der Waals surface area contributed by atoms with Gasteiger partial charge < -0.3 is 19.9 Å². The van der Waals surface area contributed by atoms with Crippen LogP contribution in [0.3, 0.4) is 0 Å². The summed E-state index contributed by atoms with van der Waals surface area (Å²) in [5, 5.41) is 13.3. The Bertz CT molecular complexity index is 450. The van der Waals surface area contributed by atoms with Crippen LogP contribution in [0, 0.1) is 0 Å². The summed E-state index contributed by atoms with van der Waals surface area (Å²) in [4.78, 5) is 2.44. The third-order valence-corrected chi connectivity index (χ3v) is 4.13. The van der Waals surface area contributed by atoms with Gasteiger partial charge in [-0.25, -0.2) is 0 Å². The molecule has 5 nitrogen and oxygen atoms in total. The first-order valence-corrected chi connectivity index (χ1v) is 7.43. The average Bonchev–Trinajstić information content (AvgIpc) is 3.32. The van der Waals surface area contributed by atoms with E-state index >= 15 is 0 Å². The van der Waals surface area contributed by atoms with Crippen LogP contribution in [0.25, 0.3) is 0 Å². The van der Waals surface area contributed by atoms with Gasteiger partial charge in [0.2, 0.25) is 5.75 Å². The molecule has 0 heterocycles. The van der Waals surface area contributed by atoms with Gasteiger partial charge in [-0.3, -0.25) is 4.90 Å². The third kappa shape index (κ3) is 4.02. The lowest BCUT2D eigenvalue weighted by Crippen LogP contribution is -2.38. The van der Waals surface area contributed by atoms with Gasteiger partial charge in [-0.1, -0.05) is 0 Å². The Balaban J connectivity index is 1.90. The summed E-state index contributed by atoms with van der Waals surface area (Å²) >= 11 is 0. The zero-order valence-corrected chi connectivity index (χ0v) is 13.3. The van der Waals surface area contributed by atoms with Gasteiger partial charge in [0.05, 0.1) is 14.2 Å². The van der Waals surface area contributed by atoms with Crippen LogP contribution in [0.15, 0.2) is 12.1 Å². The Morgan fingerprint density at radius 3 is 2.33 bits per heavy atom. The van der Waals surface area contributed by atoms with Crippen molar-refractivity contribution in [3.63, 3.8) is 0 Å². The number of benzene rings is 1. The highest BCUT2D eigenvalue weighted by molar-refractivity contribution is 5.52. The maximum absolute atomic E-state index is 9.89. The van der Waals surface area contributed by atoms with Crippen molar-refractivity contribution in [2.75, 3.05) is 27.8 Å². The fourth-order valence-electron chi connectivity index (χ4n) is 2.46.